The van der Waals surface area contributed by atoms with Crippen LogP contribution in [0.1, 0.15) is 17.4 Å². The fraction of sp³-hybridized carbons (Fsp3) is 0.286. The summed E-state index contributed by atoms with van der Waals surface area (Å²) in [5, 5.41) is 6.14. The molecule has 24 heavy (non-hydrogen) atoms. The second-order valence-corrected chi connectivity index (χ2v) is 6.19. The highest BCUT2D eigenvalue weighted by atomic mass is 32.2. The standard InChI is InChI=1S/C14H17N3O6S/c1-4-23-14(18)10-8-13(16-15-10)17-24(19,20)9-5-6-11(21-2)12(7-9)22-3/h5-8H,4H2,1-3H3,(H2,15,16,17). The van der Waals surface area contributed by atoms with Gasteiger partial charge < -0.3 is 14.2 Å². The van der Waals surface area contributed by atoms with Crippen molar-refractivity contribution in [2.45, 2.75) is 11.8 Å². The number of carbonyl (C=O) groups excluding carboxylic acids is 1. The lowest BCUT2D eigenvalue weighted by atomic mass is 10.3. The molecule has 0 atom stereocenters. The number of aromatic amines is 1. The minimum atomic E-state index is -3.92. The van der Waals surface area contributed by atoms with E-state index in [4.69, 9.17) is 14.2 Å². The molecule has 1 heterocycles. The Balaban J connectivity index is 2.24. The summed E-state index contributed by atoms with van der Waals surface area (Å²) in [4.78, 5) is 11.5. The molecule has 1 aromatic carbocycles. The van der Waals surface area contributed by atoms with Gasteiger partial charge in [-0.05, 0) is 19.1 Å². The summed E-state index contributed by atoms with van der Waals surface area (Å²) in [6, 6.07) is 5.40. The fourth-order valence-corrected chi connectivity index (χ4v) is 2.87. The lowest BCUT2D eigenvalue weighted by Crippen LogP contribution is -2.13. The summed E-state index contributed by atoms with van der Waals surface area (Å²) >= 11 is 0. The summed E-state index contributed by atoms with van der Waals surface area (Å²) in [5.41, 5.74) is 0.0434. The van der Waals surface area contributed by atoms with Crippen LogP contribution in [-0.2, 0) is 14.8 Å². The number of hydrogen-bond acceptors (Lipinski definition) is 7. The van der Waals surface area contributed by atoms with Crippen LogP contribution in [0.5, 0.6) is 11.5 Å². The maximum atomic E-state index is 12.4. The van der Waals surface area contributed by atoms with E-state index in [0.717, 1.165) is 0 Å². The first-order valence-corrected chi connectivity index (χ1v) is 8.37. The van der Waals surface area contributed by atoms with E-state index in [2.05, 4.69) is 14.9 Å². The number of H-pyrrole nitrogens is 1. The van der Waals surface area contributed by atoms with Crippen molar-refractivity contribution in [1.82, 2.24) is 10.2 Å². The van der Waals surface area contributed by atoms with Crippen molar-refractivity contribution in [3.63, 3.8) is 0 Å². The maximum Gasteiger partial charge on any atom is 0.356 e. The number of carbonyl (C=O) groups is 1. The molecule has 0 radical (unpaired) electrons. The second kappa shape index (κ2) is 7.21. The van der Waals surface area contributed by atoms with Gasteiger partial charge in [0.15, 0.2) is 17.3 Å². The number of nitrogens with zero attached hydrogens (tertiary/aromatic N) is 1. The van der Waals surface area contributed by atoms with E-state index in [-0.39, 0.29) is 28.8 Å². The zero-order valence-corrected chi connectivity index (χ0v) is 14.1. The normalized spacial score (nSPS) is 11.0. The fourth-order valence-electron chi connectivity index (χ4n) is 1.87. The van der Waals surface area contributed by atoms with Crippen molar-refractivity contribution >= 4 is 21.8 Å². The van der Waals surface area contributed by atoms with Gasteiger partial charge in [-0.25, -0.2) is 13.2 Å². The molecular formula is C14H17N3O6S. The average molecular weight is 355 g/mol. The van der Waals surface area contributed by atoms with E-state index in [1.54, 1.807) is 6.92 Å². The minimum Gasteiger partial charge on any atom is -0.493 e. The largest absolute Gasteiger partial charge is 0.493 e. The average Bonchev–Trinajstić information content (AvgIpc) is 3.02. The number of anilines is 1. The van der Waals surface area contributed by atoms with Crippen molar-refractivity contribution in [3.05, 3.63) is 30.0 Å². The Morgan fingerprint density at radius 3 is 2.54 bits per heavy atom. The highest BCUT2D eigenvalue weighted by molar-refractivity contribution is 7.92. The van der Waals surface area contributed by atoms with E-state index in [0.29, 0.717) is 5.75 Å². The molecule has 2 N–H and O–H groups in total. The van der Waals surface area contributed by atoms with Gasteiger partial charge >= 0.3 is 5.97 Å². The molecule has 0 amide bonds. The number of rotatable bonds is 7. The molecular weight excluding hydrogens is 338 g/mol. The molecule has 0 aliphatic rings. The zero-order chi connectivity index (χ0) is 17.7. The van der Waals surface area contributed by atoms with E-state index < -0.39 is 16.0 Å². The molecule has 0 fully saturated rings. The number of methoxy groups -OCH3 is 2. The van der Waals surface area contributed by atoms with E-state index >= 15 is 0 Å². The van der Waals surface area contributed by atoms with Gasteiger partial charge in [0.2, 0.25) is 0 Å². The summed E-state index contributed by atoms with van der Waals surface area (Å²) in [5.74, 6) is 0.0184. The molecule has 1 aromatic heterocycles. The lowest BCUT2D eigenvalue weighted by Gasteiger charge is -2.10. The molecule has 130 valence electrons. The van der Waals surface area contributed by atoms with Crippen LogP contribution in [0.15, 0.2) is 29.2 Å². The molecule has 0 aliphatic carbocycles. The Labute approximate surface area is 139 Å². The molecule has 2 aromatic rings. The van der Waals surface area contributed by atoms with Crippen molar-refractivity contribution in [2.24, 2.45) is 0 Å². The summed E-state index contributed by atoms with van der Waals surface area (Å²) in [6.45, 7) is 1.86. The molecule has 0 saturated carbocycles. The number of sulfonamides is 1. The number of aromatic nitrogens is 2. The van der Waals surface area contributed by atoms with E-state index in [1.807, 2.05) is 0 Å². The van der Waals surface area contributed by atoms with Gasteiger partial charge in [0.05, 0.1) is 25.7 Å². The number of nitrogens with one attached hydrogen (secondary N) is 2. The monoisotopic (exact) mass is 355 g/mol. The van der Waals surface area contributed by atoms with Crippen molar-refractivity contribution in [3.8, 4) is 11.5 Å². The molecule has 0 aliphatic heterocycles. The molecule has 0 bridgehead atoms. The smallest absolute Gasteiger partial charge is 0.356 e. The zero-order valence-electron chi connectivity index (χ0n) is 13.3. The van der Waals surface area contributed by atoms with E-state index in [9.17, 15) is 13.2 Å². The van der Waals surface area contributed by atoms with Crippen LogP contribution in [0.2, 0.25) is 0 Å². The van der Waals surface area contributed by atoms with Crippen LogP contribution in [0.3, 0.4) is 0 Å². The van der Waals surface area contributed by atoms with Crippen molar-refractivity contribution in [2.75, 3.05) is 25.5 Å². The number of ether oxygens (including phenoxy) is 3. The first kappa shape index (κ1) is 17.6. The van der Waals surface area contributed by atoms with Gasteiger partial charge in [-0.2, -0.15) is 5.10 Å². The van der Waals surface area contributed by atoms with Crippen LogP contribution in [0.4, 0.5) is 5.82 Å². The highest BCUT2D eigenvalue weighted by Gasteiger charge is 2.19. The van der Waals surface area contributed by atoms with Crippen LogP contribution in [0, 0.1) is 0 Å². The van der Waals surface area contributed by atoms with Crippen molar-refractivity contribution in [1.29, 1.82) is 0 Å². The Hall–Kier alpha value is -2.75. The van der Waals surface area contributed by atoms with Crippen LogP contribution in [-0.4, -0.2) is 45.4 Å². The predicted octanol–water partition coefficient (Wildman–Crippen LogP) is 1.40. The van der Waals surface area contributed by atoms with Gasteiger partial charge in [0.1, 0.15) is 5.69 Å². The Morgan fingerprint density at radius 2 is 1.92 bits per heavy atom. The van der Waals surface area contributed by atoms with Crippen LogP contribution >= 0.6 is 0 Å². The summed E-state index contributed by atoms with van der Waals surface area (Å²) < 4.78 is 42.0. The highest BCUT2D eigenvalue weighted by Crippen LogP contribution is 2.30. The Morgan fingerprint density at radius 1 is 1.21 bits per heavy atom. The molecule has 10 heteroatoms. The van der Waals surface area contributed by atoms with Gasteiger partial charge in [0.25, 0.3) is 10.0 Å². The predicted molar refractivity (Wildman–Crippen MR) is 84.9 cm³/mol. The minimum absolute atomic E-state index is 0.0344. The molecule has 0 saturated heterocycles. The van der Waals surface area contributed by atoms with Crippen LogP contribution < -0.4 is 14.2 Å². The topological polar surface area (TPSA) is 120 Å². The molecule has 0 spiro atoms. The third kappa shape index (κ3) is 3.77. The second-order valence-electron chi connectivity index (χ2n) is 4.51. The van der Waals surface area contributed by atoms with Gasteiger partial charge in [-0.3, -0.25) is 9.82 Å². The van der Waals surface area contributed by atoms with Gasteiger partial charge in [-0.1, -0.05) is 0 Å². The molecule has 2 rings (SSSR count). The maximum absolute atomic E-state index is 12.4. The summed E-state index contributed by atoms with van der Waals surface area (Å²) in [7, 11) is -1.06. The third-order valence-corrected chi connectivity index (χ3v) is 4.33. The first-order valence-electron chi connectivity index (χ1n) is 6.88. The van der Waals surface area contributed by atoms with Gasteiger partial charge in [0, 0.05) is 12.1 Å². The Kier molecular flexibility index (Phi) is 5.29. The third-order valence-electron chi connectivity index (χ3n) is 2.98. The quantitative estimate of drug-likeness (QED) is 0.720. The Bertz CT molecular complexity index is 831. The number of benzene rings is 1. The lowest BCUT2D eigenvalue weighted by molar-refractivity contribution is 0.0519. The SMILES string of the molecule is CCOC(=O)c1cc(NS(=O)(=O)c2ccc(OC)c(OC)c2)n[nH]1. The first-order chi connectivity index (χ1) is 11.4. The summed E-state index contributed by atoms with van der Waals surface area (Å²) in [6.07, 6.45) is 0. The molecule has 9 nitrogen and oxygen atoms in total. The number of esters is 1. The van der Waals surface area contributed by atoms with Crippen molar-refractivity contribution < 1.29 is 27.4 Å². The van der Waals surface area contributed by atoms with Crippen LogP contribution in [0.25, 0.3) is 0 Å². The number of hydrogen-bond donors (Lipinski definition) is 2. The van der Waals surface area contributed by atoms with Gasteiger partial charge in [-0.15, -0.1) is 0 Å². The van der Waals surface area contributed by atoms with E-state index in [1.165, 1.54) is 38.5 Å². The molecule has 0 unspecified atom stereocenters.